The lowest BCUT2D eigenvalue weighted by Gasteiger charge is -2.29. The van der Waals surface area contributed by atoms with Crippen LogP contribution in [0.15, 0.2) is 24.3 Å². The summed E-state index contributed by atoms with van der Waals surface area (Å²) < 4.78 is 13.9. The second-order valence-electron chi connectivity index (χ2n) is 6.58. The van der Waals surface area contributed by atoms with Gasteiger partial charge in [-0.05, 0) is 25.3 Å². The first-order valence-electron chi connectivity index (χ1n) is 8.56. The van der Waals surface area contributed by atoms with Gasteiger partial charge >= 0.3 is 0 Å². The van der Waals surface area contributed by atoms with E-state index in [0.717, 1.165) is 48.8 Å². The van der Waals surface area contributed by atoms with E-state index in [-0.39, 0.29) is 5.82 Å². The van der Waals surface area contributed by atoms with Crippen molar-refractivity contribution in [3.8, 4) is 0 Å². The number of hydrogen-bond donors (Lipinski definition) is 1. The van der Waals surface area contributed by atoms with Crippen LogP contribution in [-0.4, -0.2) is 34.5 Å². The Hall–Kier alpha value is -2.21. The average molecular weight is 327 g/mol. The fourth-order valence-electron chi connectivity index (χ4n) is 3.56. The Morgan fingerprint density at radius 3 is 2.67 bits per heavy atom. The maximum atomic E-state index is 13.9. The summed E-state index contributed by atoms with van der Waals surface area (Å²) in [5.74, 6) is 1.20. The zero-order valence-corrected chi connectivity index (χ0v) is 13.7. The summed E-state index contributed by atoms with van der Waals surface area (Å²) >= 11 is 0. The van der Waals surface area contributed by atoms with Crippen LogP contribution >= 0.6 is 0 Å². The number of nitrogen functional groups attached to an aromatic ring is 1. The Morgan fingerprint density at radius 1 is 1.08 bits per heavy atom. The molecule has 24 heavy (non-hydrogen) atoms. The van der Waals surface area contributed by atoms with Crippen LogP contribution in [0.1, 0.15) is 29.7 Å². The van der Waals surface area contributed by atoms with Crippen molar-refractivity contribution >= 4 is 11.8 Å². The summed E-state index contributed by atoms with van der Waals surface area (Å²) in [6, 6.07) is 6.95. The van der Waals surface area contributed by atoms with Crippen LogP contribution in [0.4, 0.5) is 16.2 Å². The first-order valence-corrected chi connectivity index (χ1v) is 8.56. The second-order valence-corrected chi connectivity index (χ2v) is 6.58. The molecule has 2 aromatic rings. The third-order valence-corrected chi connectivity index (χ3v) is 4.91. The summed E-state index contributed by atoms with van der Waals surface area (Å²) in [6.45, 7) is 4.12. The van der Waals surface area contributed by atoms with E-state index in [0.29, 0.717) is 18.9 Å². The Bertz CT molecular complexity index is 742. The third kappa shape index (κ3) is 2.94. The number of hydrogen-bond acceptors (Lipinski definition) is 5. The minimum absolute atomic E-state index is 0.150. The standard InChI is InChI=1S/C18H22FN5/c19-15-6-2-1-5-13(15)11-23-10-7-14-16(12-23)21-18(22-17(14)20)24-8-3-4-9-24/h1-2,5-6H,3-4,7-12H2,(H2,20,21,22). The second kappa shape index (κ2) is 6.36. The Balaban J connectivity index is 1.56. The zero-order valence-electron chi connectivity index (χ0n) is 13.7. The van der Waals surface area contributed by atoms with E-state index in [4.69, 9.17) is 10.7 Å². The highest BCUT2D eigenvalue weighted by Gasteiger charge is 2.24. The van der Waals surface area contributed by atoms with E-state index in [1.165, 1.54) is 18.9 Å². The Labute approximate surface area is 141 Å². The molecule has 0 bridgehead atoms. The lowest BCUT2D eigenvalue weighted by Crippen LogP contribution is -2.33. The van der Waals surface area contributed by atoms with Crippen molar-refractivity contribution < 1.29 is 4.39 Å². The van der Waals surface area contributed by atoms with Gasteiger partial charge in [-0.15, -0.1) is 0 Å². The van der Waals surface area contributed by atoms with E-state index in [1.807, 2.05) is 12.1 Å². The highest BCUT2D eigenvalue weighted by atomic mass is 19.1. The molecule has 1 fully saturated rings. The molecule has 2 N–H and O–H groups in total. The molecule has 6 heteroatoms. The maximum Gasteiger partial charge on any atom is 0.227 e. The molecule has 0 unspecified atom stereocenters. The maximum absolute atomic E-state index is 13.9. The molecule has 0 radical (unpaired) electrons. The smallest absolute Gasteiger partial charge is 0.227 e. The van der Waals surface area contributed by atoms with Gasteiger partial charge in [-0.3, -0.25) is 4.90 Å². The highest BCUT2D eigenvalue weighted by molar-refractivity contribution is 5.49. The van der Waals surface area contributed by atoms with E-state index in [9.17, 15) is 4.39 Å². The molecule has 0 atom stereocenters. The summed E-state index contributed by atoms with van der Waals surface area (Å²) in [4.78, 5) is 13.7. The van der Waals surface area contributed by atoms with Gasteiger partial charge in [-0.2, -0.15) is 4.98 Å². The number of rotatable bonds is 3. The fourth-order valence-corrected chi connectivity index (χ4v) is 3.56. The number of anilines is 2. The molecule has 2 aliphatic heterocycles. The van der Waals surface area contributed by atoms with Crippen molar-refractivity contribution in [2.24, 2.45) is 0 Å². The molecular weight excluding hydrogens is 305 g/mol. The zero-order chi connectivity index (χ0) is 16.5. The van der Waals surface area contributed by atoms with Crippen LogP contribution in [0.25, 0.3) is 0 Å². The minimum atomic E-state index is -0.150. The minimum Gasteiger partial charge on any atom is -0.383 e. The fraction of sp³-hybridized carbons (Fsp3) is 0.444. The van der Waals surface area contributed by atoms with Gasteiger partial charge in [-0.25, -0.2) is 9.37 Å². The van der Waals surface area contributed by atoms with E-state index >= 15 is 0 Å². The third-order valence-electron chi connectivity index (χ3n) is 4.91. The molecule has 4 rings (SSSR count). The molecule has 0 saturated carbocycles. The normalized spacial score (nSPS) is 18.0. The van der Waals surface area contributed by atoms with Gasteiger partial charge in [-0.1, -0.05) is 18.2 Å². The SMILES string of the molecule is Nc1nc(N2CCCC2)nc2c1CCN(Cc1ccccc1F)C2. The van der Waals surface area contributed by atoms with E-state index in [1.54, 1.807) is 6.07 Å². The molecule has 5 nitrogen and oxygen atoms in total. The molecule has 1 aromatic carbocycles. The number of benzene rings is 1. The van der Waals surface area contributed by atoms with Gasteiger partial charge in [0.25, 0.3) is 0 Å². The quantitative estimate of drug-likeness (QED) is 0.938. The van der Waals surface area contributed by atoms with Crippen LogP contribution in [0.2, 0.25) is 0 Å². The lowest BCUT2D eigenvalue weighted by atomic mass is 10.0. The van der Waals surface area contributed by atoms with Crippen molar-refractivity contribution in [1.82, 2.24) is 14.9 Å². The number of aromatic nitrogens is 2. The monoisotopic (exact) mass is 327 g/mol. The predicted molar refractivity (Wildman–Crippen MR) is 92.1 cm³/mol. The van der Waals surface area contributed by atoms with Crippen LogP contribution in [0.5, 0.6) is 0 Å². The van der Waals surface area contributed by atoms with Crippen LogP contribution in [0, 0.1) is 5.82 Å². The van der Waals surface area contributed by atoms with Crippen molar-refractivity contribution in [1.29, 1.82) is 0 Å². The summed E-state index contributed by atoms with van der Waals surface area (Å²) in [5, 5.41) is 0. The lowest BCUT2D eigenvalue weighted by molar-refractivity contribution is 0.238. The highest BCUT2D eigenvalue weighted by Crippen LogP contribution is 2.26. The average Bonchev–Trinajstić information content (AvgIpc) is 3.11. The largest absolute Gasteiger partial charge is 0.383 e. The number of fused-ring (bicyclic) bond motifs is 1. The summed E-state index contributed by atoms with van der Waals surface area (Å²) in [6.07, 6.45) is 3.18. The van der Waals surface area contributed by atoms with Gasteiger partial charge in [0, 0.05) is 43.9 Å². The Kier molecular flexibility index (Phi) is 4.06. The van der Waals surface area contributed by atoms with Gasteiger partial charge in [0.15, 0.2) is 0 Å². The van der Waals surface area contributed by atoms with Gasteiger partial charge in [0.05, 0.1) is 5.69 Å². The predicted octanol–water partition coefficient (Wildman–Crippen LogP) is 2.36. The van der Waals surface area contributed by atoms with E-state index in [2.05, 4.69) is 14.8 Å². The molecular formula is C18H22FN5. The molecule has 0 spiro atoms. The van der Waals surface area contributed by atoms with Crippen LogP contribution in [-0.2, 0) is 19.5 Å². The van der Waals surface area contributed by atoms with Crippen molar-refractivity contribution in [3.05, 3.63) is 46.9 Å². The first-order chi connectivity index (χ1) is 11.7. The molecule has 1 saturated heterocycles. The van der Waals surface area contributed by atoms with Crippen LogP contribution < -0.4 is 10.6 Å². The van der Waals surface area contributed by atoms with Crippen molar-refractivity contribution in [2.75, 3.05) is 30.3 Å². The number of nitrogens with two attached hydrogens (primary N) is 1. The topological polar surface area (TPSA) is 58.3 Å². The van der Waals surface area contributed by atoms with Crippen molar-refractivity contribution in [3.63, 3.8) is 0 Å². The molecule has 126 valence electrons. The molecule has 0 aliphatic carbocycles. The van der Waals surface area contributed by atoms with Crippen molar-refractivity contribution in [2.45, 2.75) is 32.4 Å². The van der Waals surface area contributed by atoms with E-state index < -0.39 is 0 Å². The summed E-state index contributed by atoms with van der Waals surface area (Å²) in [7, 11) is 0. The van der Waals surface area contributed by atoms with Gasteiger partial charge in [0.1, 0.15) is 11.6 Å². The molecule has 0 amide bonds. The van der Waals surface area contributed by atoms with Crippen LogP contribution in [0.3, 0.4) is 0 Å². The number of nitrogens with zero attached hydrogens (tertiary/aromatic N) is 4. The number of halogens is 1. The first kappa shape index (κ1) is 15.3. The van der Waals surface area contributed by atoms with Gasteiger partial charge in [0.2, 0.25) is 5.95 Å². The Morgan fingerprint density at radius 2 is 1.88 bits per heavy atom. The molecule has 1 aromatic heterocycles. The molecule has 2 aliphatic rings. The summed E-state index contributed by atoms with van der Waals surface area (Å²) in [5.41, 5.74) is 8.95. The van der Waals surface area contributed by atoms with Gasteiger partial charge < -0.3 is 10.6 Å². The molecule has 3 heterocycles.